The monoisotopic (exact) mass is 552 g/mol. The summed E-state index contributed by atoms with van der Waals surface area (Å²) in [5.74, 6) is -3.85. The first-order valence-corrected chi connectivity index (χ1v) is 13.1. The maximum Gasteiger partial charge on any atom is 0.329 e. The fourth-order valence-electron chi connectivity index (χ4n) is 4.80. The number of piperidine rings is 1. The van der Waals surface area contributed by atoms with E-state index in [0.717, 1.165) is 0 Å². The third kappa shape index (κ3) is 5.79. The molecule has 3 N–H and O–H groups in total. The van der Waals surface area contributed by atoms with E-state index in [1.54, 1.807) is 48.4 Å². The number of fused-ring (bicyclic) bond motifs is 1. The first-order chi connectivity index (χ1) is 17.7. The van der Waals surface area contributed by atoms with Crippen LogP contribution in [-0.4, -0.2) is 60.0 Å². The second-order valence-corrected chi connectivity index (χ2v) is 11.4. The minimum absolute atomic E-state index is 0.120. The number of benzene rings is 1. The molecule has 1 aliphatic heterocycles. The maximum absolute atomic E-state index is 14.3. The van der Waals surface area contributed by atoms with Crippen molar-refractivity contribution in [1.29, 1.82) is 0 Å². The average molecular weight is 553 g/mol. The molecule has 0 amide bonds. The third-order valence-electron chi connectivity index (χ3n) is 6.99. The Morgan fingerprint density at radius 3 is 2.47 bits per heavy atom. The van der Waals surface area contributed by atoms with Gasteiger partial charge >= 0.3 is 5.69 Å². The molecule has 0 saturated carbocycles. The molecular weight excluding hydrogens is 518 g/mol. The Balaban J connectivity index is 1.67. The SMILES string of the molecule is C[C@@H]1CN(c2ncc(Cl)c(Nc3ccc4c(c3)n(CCC(C)(C)O)c(=O)n4C[C@@H](C)O)n2)C[C@H](C)C1(F)F. The van der Waals surface area contributed by atoms with Gasteiger partial charge in [0, 0.05) is 37.2 Å². The number of aromatic nitrogens is 4. The molecule has 2 aromatic heterocycles. The van der Waals surface area contributed by atoms with Crippen LogP contribution >= 0.6 is 11.6 Å². The quantitative estimate of drug-likeness (QED) is 0.383. The number of anilines is 3. The van der Waals surface area contributed by atoms with Gasteiger partial charge in [-0.1, -0.05) is 25.4 Å². The van der Waals surface area contributed by atoms with Crippen LogP contribution in [0.4, 0.5) is 26.2 Å². The number of hydrogen-bond donors (Lipinski definition) is 3. The van der Waals surface area contributed by atoms with Crippen molar-refractivity contribution in [2.75, 3.05) is 23.3 Å². The number of aliphatic hydroxyl groups excluding tert-OH is 1. The minimum atomic E-state index is -2.76. The zero-order chi connectivity index (χ0) is 28.0. The Hall–Kier alpha value is -2.76. The Morgan fingerprint density at radius 2 is 1.87 bits per heavy atom. The molecule has 3 aromatic rings. The lowest BCUT2D eigenvalue weighted by Crippen LogP contribution is -2.52. The van der Waals surface area contributed by atoms with Crippen LogP contribution in [0.1, 0.15) is 41.0 Å². The second-order valence-electron chi connectivity index (χ2n) is 11.0. The summed E-state index contributed by atoms with van der Waals surface area (Å²) >= 11 is 6.38. The highest BCUT2D eigenvalue weighted by atomic mass is 35.5. The standard InChI is InChI=1S/C26H35ClF2N6O3/c1-15-12-33(13-16(2)26(15,28)29)23-30-11-19(27)22(32-23)31-18-6-7-20-21(10-18)34(9-8-25(4,5)38)24(37)35(20)14-17(3)36/h6-7,10-11,15-17,36,38H,8-9,12-14H2,1-5H3,(H,30,31,32)/t15-,16+,17-/m1/s1. The van der Waals surface area contributed by atoms with Gasteiger partial charge in [0.05, 0.1) is 35.5 Å². The lowest BCUT2D eigenvalue weighted by atomic mass is 9.87. The van der Waals surface area contributed by atoms with E-state index in [2.05, 4.69) is 15.3 Å². The first kappa shape index (κ1) is 28.3. The summed E-state index contributed by atoms with van der Waals surface area (Å²) in [6, 6.07) is 5.32. The zero-order valence-corrected chi connectivity index (χ0v) is 23.0. The molecule has 0 unspecified atom stereocenters. The van der Waals surface area contributed by atoms with Crippen LogP contribution in [0.2, 0.25) is 5.02 Å². The minimum Gasteiger partial charge on any atom is -0.392 e. The van der Waals surface area contributed by atoms with Crippen LogP contribution in [0.5, 0.6) is 0 Å². The van der Waals surface area contributed by atoms with Gasteiger partial charge in [-0.15, -0.1) is 0 Å². The molecule has 1 aliphatic rings. The summed E-state index contributed by atoms with van der Waals surface area (Å²) in [4.78, 5) is 23.7. The summed E-state index contributed by atoms with van der Waals surface area (Å²) in [6.45, 7) is 8.67. The molecule has 3 atom stereocenters. The van der Waals surface area contributed by atoms with Crippen molar-refractivity contribution in [3.05, 3.63) is 39.9 Å². The summed E-state index contributed by atoms with van der Waals surface area (Å²) < 4.78 is 31.8. The smallest absolute Gasteiger partial charge is 0.329 e. The second kappa shape index (κ2) is 10.4. The first-order valence-electron chi connectivity index (χ1n) is 12.7. The molecule has 1 saturated heterocycles. The average Bonchev–Trinajstić information content (AvgIpc) is 3.06. The van der Waals surface area contributed by atoms with Crippen LogP contribution in [-0.2, 0) is 13.1 Å². The van der Waals surface area contributed by atoms with Crippen LogP contribution in [0, 0.1) is 11.8 Å². The molecular formula is C26H35ClF2N6O3. The number of aryl methyl sites for hydroxylation is 1. The molecule has 0 spiro atoms. The van der Waals surface area contributed by atoms with Crippen molar-refractivity contribution < 1.29 is 19.0 Å². The molecule has 3 heterocycles. The van der Waals surface area contributed by atoms with E-state index < -0.39 is 29.5 Å². The molecule has 208 valence electrons. The normalized spacial score (nSPS) is 20.6. The summed E-state index contributed by atoms with van der Waals surface area (Å²) in [5, 5.41) is 23.6. The predicted molar refractivity (Wildman–Crippen MR) is 145 cm³/mol. The van der Waals surface area contributed by atoms with E-state index >= 15 is 0 Å². The van der Waals surface area contributed by atoms with Gasteiger partial charge in [-0.25, -0.2) is 18.6 Å². The van der Waals surface area contributed by atoms with Gasteiger partial charge in [-0.2, -0.15) is 4.98 Å². The molecule has 9 nitrogen and oxygen atoms in total. The molecule has 0 aliphatic carbocycles. The molecule has 0 radical (unpaired) electrons. The number of aliphatic hydroxyl groups is 2. The molecule has 4 rings (SSSR count). The summed E-state index contributed by atoms with van der Waals surface area (Å²) in [5.41, 5.74) is 0.615. The Bertz CT molecular complexity index is 1350. The highest BCUT2D eigenvalue weighted by molar-refractivity contribution is 6.32. The Morgan fingerprint density at radius 1 is 1.21 bits per heavy atom. The number of hydrogen-bond acceptors (Lipinski definition) is 7. The number of nitrogens with one attached hydrogen (secondary N) is 1. The fourth-order valence-corrected chi connectivity index (χ4v) is 4.94. The summed E-state index contributed by atoms with van der Waals surface area (Å²) in [6.07, 6.45) is 1.06. The van der Waals surface area contributed by atoms with Crippen molar-refractivity contribution in [2.24, 2.45) is 11.8 Å². The van der Waals surface area contributed by atoms with Crippen molar-refractivity contribution in [3.8, 4) is 0 Å². The molecule has 1 fully saturated rings. The van der Waals surface area contributed by atoms with Crippen LogP contribution in [0.3, 0.4) is 0 Å². The van der Waals surface area contributed by atoms with Gasteiger partial charge in [0.25, 0.3) is 5.92 Å². The topological polar surface area (TPSA) is 108 Å². The van der Waals surface area contributed by atoms with E-state index in [-0.39, 0.29) is 36.9 Å². The largest absolute Gasteiger partial charge is 0.392 e. The number of halogens is 3. The zero-order valence-electron chi connectivity index (χ0n) is 22.2. The lowest BCUT2D eigenvalue weighted by Gasteiger charge is -2.41. The van der Waals surface area contributed by atoms with Crippen molar-refractivity contribution >= 4 is 40.1 Å². The molecule has 12 heteroatoms. The van der Waals surface area contributed by atoms with Crippen LogP contribution < -0.4 is 15.9 Å². The molecule has 1 aromatic carbocycles. The Labute approximate surface area is 225 Å². The Kier molecular flexibility index (Phi) is 7.75. The van der Waals surface area contributed by atoms with Crippen molar-refractivity contribution in [2.45, 2.75) is 71.8 Å². The van der Waals surface area contributed by atoms with Gasteiger partial charge in [0.2, 0.25) is 5.95 Å². The van der Waals surface area contributed by atoms with Crippen LogP contribution in [0.25, 0.3) is 11.0 Å². The van der Waals surface area contributed by atoms with E-state index in [0.29, 0.717) is 34.9 Å². The number of nitrogens with zero attached hydrogens (tertiary/aromatic N) is 5. The fraction of sp³-hybridized carbons (Fsp3) is 0.577. The van der Waals surface area contributed by atoms with E-state index in [1.807, 2.05) is 0 Å². The predicted octanol–water partition coefficient (Wildman–Crippen LogP) is 4.26. The molecule has 0 bridgehead atoms. The third-order valence-corrected chi connectivity index (χ3v) is 7.27. The van der Waals surface area contributed by atoms with Gasteiger partial charge < -0.3 is 20.4 Å². The highest BCUT2D eigenvalue weighted by Gasteiger charge is 2.47. The number of alkyl halides is 2. The van der Waals surface area contributed by atoms with E-state index in [1.165, 1.54) is 24.6 Å². The van der Waals surface area contributed by atoms with E-state index in [4.69, 9.17) is 11.6 Å². The number of rotatable bonds is 8. The van der Waals surface area contributed by atoms with Gasteiger partial charge in [0.1, 0.15) is 5.02 Å². The van der Waals surface area contributed by atoms with Gasteiger partial charge in [0.15, 0.2) is 5.82 Å². The molecule has 38 heavy (non-hydrogen) atoms. The number of imidazole rings is 1. The van der Waals surface area contributed by atoms with Gasteiger partial charge in [-0.3, -0.25) is 9.13 Å². The van der Waals surface area contributed by atoms with E-state index in [9.17, 15) is 23.8 Å². The van der Waals surface area contributed by atoms with Crippen LogP contribution in [0.15, 0.2) is 29.2 Å². The lowest BCUT2D eigenvalue weighted by molar-refractivity contribution is -0.105. The highest BCUT2D eigenvalue weighted by Crippen LogP contribution is 2.39. The summed E-state index contributed by atoms with van der Waals surface area (Å²) in [7, 11) is 0. The van der Waals surface area contributed by atoms with Gasteiger partial charge in [-0.05, 0) is 45.4 Å². The maximum atomic E-state index is 14.3. The van der Waals surface area contributed by atoms with Crippen molar-refractivity contribution in [3.63, 3.8) is 0 Å². The van der Waals surface area contributed by atoms with Crippen molar-refractivity contribution in [1.82, 2.24) is 19.1 Å².